The van der Waals surface area contributed by atoms with Crippen molar-refractivity contribution in [1.82, 2.24) is 5.32 Å². The maximum absolute atomic E-state index is 13.4. The van der Waals surface area contributed by atoms with E-state index in [9.17, 15) is 35.1 Å². The average Bonchev–Trinajstić information content (AvgIpc) is 3.52. The number of unbranched alkanes of at least 4 members (excludes halogenated alkanes) is 42. The third kappa shape index (κ3) is 45.9. The molecule has 1 amide bonds. The highest BCUT2D eigenvalue weighted by atomic mass is 16.7. The lowest BCUT2D eigenvalue weighted by molar-refractivity contribution is -0.305. The predicted octanol–water partition coefficient (Wildman–Crippen LogP) is 17.4. The van der Waals surface area contributed by atoms with Gasteiger partial charge in [0.1, 0.15) is 24.4 Å². The van der Waals surface area contributed by atoms with E-state index in [2.05, 4.69) is 50.4 Å². The normalized spacial score (nSPS) is 18.8. The van der Waals surface area contributed by atoms with Crippen molar-refractivity contribution in [1.29, 1.82) is 0 Å². The molecule has 0 aromatic rings. The molecule has 0 bridgehead atoms. The molecule has 8 atom stereocenters. The maximum atomic E-state index is 13.4. The fourth-order valence-corrected chi connectivity index (χ4v) is 11.0. The molecule has 1 saturated heterocycles. The van der Waals surface area contributed by atoms with E-state index in [1.54, 1.807) is 6.08 Å². The first-order chi connectivity index (χ1) is 39.7. The molecule has 1 rings (SSSR count). The van der Waals surface area contributed by atoms with E-state index in [1.165, 1.54) is 218 Å². The van der Waals surface area contributed by atoms with Crippen LogP contribution < -0.4 is 5.32 Å². The van der Waals surface area contributed by atoms with Crippen LogP contribution in [0.1, 0.15) is 335 Å². The Morgan fingerprint density at radius 2 is 0.815 bits per heavy atom. The van der Waals surface area contributed by atoms with Gasteiger partial charge in [-0.1, -0.05) is 288 Å². The number of carbonyl (C=O) groups is 2. The molecular formula is C70H131NO10. The smallest absolute Gasteiger partial charge is 0.306 e. The fraction of sp³-hybridized carbons (Fsp3) is 0.886. The minimum absolute atomic E-state index is 0.127. The van der Waals surface area contributed by atoms with Crippen LogP contribution in [0.15, 0.2) is 36.5 Å². The van der Waals surface area contributed by atoms with Gasteiger partial charge in [-0.15, -0.1) is 0 Å². The summed E-state index contributed by atoms with van der Waals surface area (Å²) in [4.78, 5) is 26.6. The van der Waals surface area contributed by atoms with E-state index in [-0.39, 0.29) is 19.4 Å². The summed E-state index contributed by atoms with van der Waals surface area (Å²) in [5, 5.41) is 57.1. The number of hydrogen-bond donors (Lipinski definition) is 6. The molecule has 476 valence electrons. The number of aliphatic hydroxyl groups excluding tert-OH is 5. The summed E-state index contributed by atoms with van der Waals surface area (Å²) in [6, 6.07) is -1.02. The summed E-state index contributed by atoms with van der Waals surface area (Å²) < 4.78 is 17.7. The molecule has 6 N–H and O–H groups in total. The van der Waals surface area contributed by atoms with Crippen LogP contribution in [0.25, 0.3) is 0 Å². The molecule has 81 heavy (non-hydrogen) atoms. The zero-order valence-electron chi connectivity index (χ0n) is 52.9. The quantitative estimate of drug-likeness (QED) is 0.0195. The average molecular weight is 1150 g/mol. The van der Waals surface area contributed by atoms with Gasteiger partial charge in [0.15, 0.2) is 12.4 Å². The molecule has 1 aliphatic rings. The molecule has 1 fully saturated rings. The highest BCUT2D eigenvalue weighted by Gasteiger charge is 2.47. The van der Waals surface area contributed by atoms with Gasteiger partial charge in [-0.3, -0.25) is 9.59 Å². The van der Waals surface area contributed by atoms with Gasteiger partial charge in [0, 0.05) is 6.42 Å². The fourth-order valence-electron chi connectivity index (χ4n) is 11.0. The summed E-state index contributed by atoms with van der Waals surface area (Å²) in [5.74, 6) is -1.19. The molecule has 0 aromatic heterocycles. The zero-order valence-corrected chi connectivity index (χ0v) is 52.9. The van der Waals surface area contributed by atoms with E-state index in [4.69, 9.17) is 14.2 Å². The van der Waals surface area contributed by atoms with E-state index < -0.39 is 67.4 Å². The number of hydrogen-bond acceptors (Lipinski definition) is 10. The molecule has 11 heteroatoms. The SMILES string of the molecule is CCCCCCCC/C=C/CCCCCCCCCCCCCCCCCC(=O)OC1C(OCC(NC(=O)C(O)CCCCCCCC/C=C/CCCCCCCC)C(O)/C=C/CCCCCCCCCCC)OC(CO)C(O)C1O. The van der Waals surface area contributed by atoms with Crippen molar-refractivity contribution in [3.8, 4) is 0 Å². The second kappa shape index (κ2) is 58.3. The molecule has 0 aliphatic carbocycles. The number of esters is 1. The topological polar surface area (TPSA) is 175 Å². The van der Waals surface area contributed by atoms with Gasteiger partial charge >= 0.3 is 5.97 Å². The first-order valence-corrected chi connectivity index (χ1v) is 34.8. The number of allylic oxidation sites excluding steroid dienone is 5. The Kier molecular flexibility index (Phi) is 55.3. The Bertz CT molecular complexity index is 1460. The number of ether oxygens (including phenoxy) is 3. The number of aliphatic hydroxyl groups is 5. The van der Waals surface area contributed by atoms with E-state index in [1.807, 2.05) is 6.08 Å². The van der Waals surface area contributed by atoms with Crippen LogP contribution in [0.4, 0.5) is 0 Å². The van der Waals surface area contributed by atoms with Crippen molar-refractivity contribution >= 4 is 11.9 Å². The third-order valence-electron chi connectivity index (χ3n) is 16.5. The van der Waals surface area contributed by atoms with Crippen LogP contribution in [0, 0.1) is 0 Å². The highest BCUT2D eigenvalue weighted by molar-refractivity contribution is 5.80. The molecular weight excluding hydrogens is 1010 g/mol. The molecule has 1 heterocycles. The van der Waals surface area contributed by atoms with Crippen molar-refractivity contribution in [2.45, 2.75) is 384 Å². The van der Waals surface area contributed by atoms with E-state index in [0.29, 0.717) is 12.8 Å². The molecule has 0 saturated carbocycles. The van der Waals surface area contributed by atoms with Crippen molar-refractivity contribution in [2.24, 2.45) is 0 Å². The van der Waals surface area contributed by atoms with Crippen molar-refractivity contribution < 1.29 is 49.3 Å². The van der Waals surface area contributed by atoms with Crippen molar-refractivity contribution in [3.63, 3.8) is 0 Å². The van der Waals surface area contributed by atoms with Gasteiger partial charge in [0.2, 0.25) is 5.91 Å². The second-order valence-corrected chi connectivity index (χ2v) is 24.3. The zero-order chi connectivity index (χ0) is 58.9. The Morgan fingerprint density at radius 1 is 0.469 bits per heavy atom. The van der Waals surface area contributed by atoms with Gasteiger partial charge in [-0.05, 0) is 77.0 Å². The monoisotopic (exact) mass is 1150 g/mol. The largest absolute Gasteiger partial charge is 0.454 e. The van der Waals surface area contributed by atoms with E-state index in [0.717, 1.165) is 70.6 Å². The summed E-state index contributed by atoms with van der Waals surface area (Å²) >= 11 is 0. The maximum Gasteiger partial charge on any atom is 0.306 e. The Morgan fingerprint density at radius 3 is 1.20 bits per heavy atom. The molecule has 8 unspecified atom stereocenters. The predicted molar refractivity (Wildman–Crippen MR) is 338 cm³/mol. The molecule has 0 aromatic carbocycles. The van der Waals surface area contributed by atoms with Crippen molar-refractivity contribution in [3.05, 3.63) is 36.5 Å². The Balaban J connectivity index is 2.54. The summed E-state index contributed by atoms with van der Waals surface area (Å²) in [6.07, 6.45) is 60.5. The third-order valence-corrected chi connectivity index (χ3v) is 16.5. The summed E-state index contributed by atoms with van der Waals surface area (Å²) in [6.45, 7) is 5.81. The first kappa shape index (κ1) is 76.9. The Labute approximate surface area is 498 Å². The minimum atomic E-state index is -1.61. The molecule has 0 spiro atoms. The Hall–Kier alpha value is -2.12. The lowest BCUT2D eigenvalue weighted by atomic mass is 9.99. The van der Waals surface area contributed by atoms with Crippen LogP contribution in [0.2, 0.25) is 0 Å². The molecule has 1 aliphatic heterocycles. The lowest BCUT2D eigenvalue weighted by Crippen LogP contribution is -2.61. The number of nitrogens with one attached hydrogen (secondary N) is 1. The number of carbonyl (C=O) groups excluding carboxylic acids is 2. The van der Waals surface area contributed by atoms with Crippen molar-refractivity contribution in [2.75, 3.05) is 13.2 Å². The number of amides is 1. The molecule has 11 nitrogen and oxygen atoms in total. The second-order valence-electron chi connectivity index (χ2n) is 24.3. The van der Waals surface area contributed by atoms with Crippen LogP contribution in [0.5, 0.6) is 0 Å². The highest BCUT2D eigenvalue weighted by Crippen LogP contribution is 2.26. The summed E-state index contributed by atoms with van der Waals surface area (Å²) in [7, 11) is 0. The minimum Gasteiger partial charge on any atom is -0.454 e. The van der Waals surface area contributed by atoms with Gasteiger partial charge in [0.05, 0.1) is 25.4 Å². The van der Waals surface area contributed by atoms with Gasteiger partial charge in [-0.2, -0.15) is 0 Å². The molecule has 0 radical (unpaired) electrons. The number of rotatable bonds is 60. The van der Waals surface area contributed by atoms with Crippen LogP contribution in [0.3, 0.4) is 0 Å². The lowest BCUT2D eigenvalue weighted by Gasteiger charge is -2.41. The van der Waals surface area contributed by atoms with E-state index >= 15 is 0 Å². The summed E-state index contributed by atoms with van der Waals surface area (Å²) in [5.41, 5.74) is 0. The van der Waals surface area contributed by atoms with Gasteiger partial charge in [0.25, 0.3) is 0 Å². The standard InChI is InChI=1S/C70H131NO10/c1-4-7-10-13-16-19-22-24-26-28-29-30-31-32-33-34-35-36-38-40-43-46-49-52-55-58-65(75)81-68-67(77)66(76)64(59-72)80-70(68)79-60-61(62(73)56-53-50-47-44-41-21-18-15-12-9-6-3)71-69(78)63(74)57-54-51-48-45-42-39-37-27-25-23-20-17-14-11-8-5-2/h24-27,53,56,61-64,66-68,70,72-74,76-77H,4-23,28-52,54-55,57-60H2,1-3H3,(H,71,78)/b26-24+,27-25+,56-53+. The van der Waals surface area contributed by atoms with Gasteiger partial charge in [-0.25, -0.2) is 0 Å². The first-order valence-electron chi connectivity index (χ1n) is 34.8. The van der Waals surface area contributed by atoms with Crippen LogP contribution in [-0.2, 0) is 23.8 Å². The van der Waals surface area contributed by atoms with Crippen LogP contribution in [-0.4, -0.2) is 99.6 Å². The van der Waals surface area contributed by atoms with Gasteiger partial charge < -0.3 is 45.1 Å². The van der Waals surface area contributed by atoms with Crippen LogP contribution >= 0.6 is 0 Å².